The molecule has 0 heterocycles. The molecule has 2 aliphatic carbocycles. The van der Waals surface area contributed by atoms with E-state index >= 15 is 0 Å². The van der Waals surface area contributed by atoms with E-state index < -0.39 is 5.97 Å². The van der Waals surface area contributed by atoms with E-state index in [1.807, 2.05) is 48.5 Å². The van der Waals surface area contributed by atoms with Gasteiger partial charge >= 0.3 is 11.9 Å². The molecule has 0 unspecified atom stereocenters. The average Bonchev–Trinajstić information content (AvgIpc) is 3.72. The molecule has 2 aliphatic rings. The molecule has 2 aromatic rings. The van der Waals surface area contributed by atoms with Crippen molar-refractivity contribution in [2.24, 2.45) is 11.8 Å². The third kappa shape index (κ3) is 9.36. The standard InChI is InChI=1S/C13H15ClO2.C12H13ClO2.CH4O/c1-16-13(15)8-12(9-2-3-9)10-4-6-11(14)7-5-10;13-10-5-3-9(4-6-10)11(7-12(14)15)8-1-2-8;1-2/h4-7,9,12H,2-3,8H2,1H3;3-6,8,11H,1-2,7H2,(H,14,15);2H,1H3/t12-;11-;/m11./s1. The Bertz CT molecular complexity index is 875. The molecule has 33 heavy (non-hydrogen) atoms. The second-order valence-electron chi connectivity index (χ2n) is 8.37. The van der Waals surface area contributed by atoms with Crippen molar-refractivity contribution in [2.75, 3.05) is 14.2 Å². The van der Waals surface area contributed by atoms with Gasteiger partial charge in [-0.25, -0.2) is 0 Å². The predicted octanol–water partition coefficient (Wildman–Crippen LogP) is 6.31. The van der Waals surface area contributed by atoms with Crippen LogP contribution in [0.4, 0.5) is 0 Å². The molecule has 5 nitrogen and oxygen atoms in total. The number of aliphatic carboxylic acids is 1. The second-order valence-corrected chi connectivity index (χ2v) is 9.24. The van der Waals surface area contributed by atoms with Gasteiger partial charge < -0.3 is 14.9 Å². The van der Waals surface area contributed by atoms with Gasteiger partial charge in [0.15, 0.2) is 0 Å². The molecule has 2 aromatic carbocycles. The van der Waals surface area contributed by atoms with Gasteiger partial charge in [-0.15, -0.1) is 0 Å². The van der Waals surface area contributed by atoms with Crippen LogP contribution in [-0.4, -0.2) is 36.4 Å². The highest BCUT2D eigenvalue weighted by Crippen LogP contribution is 2.45. The van der Waals surface area contributed by atoms with Crippen molar-refractivity contribution in [3.63, 3.8) is 0 Å². The topological polar surface area (TPSA) is 83.8 Å². The highest BCUT2D eigenvalue weighted by Gasteiger charge is 2.34. The van der Waals surface area contributed by atoms with Crippen LogP contribution in [0.15, 0.2) is 48.5 Å². The van der Waals surface area contributed by atoms with E-state index in [9.17, 15) is 9.59 Å². The van der Waals surface area contributed by atoms with E-state index in [0.717, 1.165) is 30.5 Å². The summed E-state index contributed by atoms with van der Waals surface area (Å²) >= 11 is 11.7. The first-order valence-electron chi connectivity index (χ1n) is 11.1. The summed E-state index contributed by atoms with van der Waals surface area (Å²) in [5.41, 5.74) is 2.29. The van der Waals surface area contributed by atoms with Gasteiger partial charge in [0.05, 0.1) is 20.0 Å². The van der Waals surface area contributed by atoms with E-state index in [2.05, 4.69) is 0 Å². The Morgan fingerprint density at radius 1 is 0.818 bits per heavy atom. The SMILES string of the molecule is CO.COC(=O)C[C@@H](c1ccc(Cl)cc1)C1CC1.O=C(O)C[C@@H](c1ccc(Cl)cc1)C1CC1. The monoisotopic (exact) mass is 494 g/mol. The quantitative estimate of drug-likeness (QED) is 0.419. The lowest BCUT2D eigenvalue weighted by Gasteiger charge is -2.15. The molecule has 0 bridgehead atoms. The van der Waals surface area contributed by atoms with E-state index in [0.29, 0.717) is 29.2 Å². The number of carboxylic acids is 1. The van der Waals surface area contributed by atoms with Crippen molar-refractivity contribution in [2.45, 2.75) is 50.4 Å². The summed E-state index contributed by atoms with van der Waals surface area (Å²) in [6.45, 7) is 0. The van der Waals surface area contributed by atoms with Crippen LogP contribution in [0.2, 0.25) is 10.0 Å². The van der Waals surface area contributed by atoms with Gasteiger partial charge in [0.1, 0.15) is 0 Å². The van der Waals surface area contributed by atoms with E-state index in [1.165, 1.54) is 25.5 Å². The Morgan fingerprint density at radius 3 is 1.48 bits per heavy atom. The van der Waals surface area contributed by atoms with Crippen molar-refractivity contribution >= 4 is 35.1 Å². The molecule has 7 heteroatoms. The first-order chi connectivity index (χ1) is 15.9. The zero-order valence-electron chi connectivity index (χ0n) is 19.0. The van der Waals surface area contributed by atoms with Crippen LogP contribution in [0, 0.1) is 11.8 Å². The van der Waals surface area contributed by atoms with Gasteiger partial charge in [0.2, 0.25) is 0 Å². The van der Waals surface area contributed by atoms with E-state index in [4.69, 9.17) is 38.2 Å². The number of rotatable bonds is 8. The number of methoxy groups -OCH3 is 1. The molecule has 0 aliphatic heterocycles. The summed E-state index contributed by atoms with van der Waals surface area (Å²) in [7, 11) is 2.44. The number of benzene rings is 2. The summed E-state index contributed by atoms with van der Waals surface area (Å²) in [6.07, 6.45) is 5.44. The molecule has 0 radical (unpaired) electrons. The van der Waals surface area contributed by atoms with E-state index in [1.54, 1.807) is 0 Å². The van der Waals surface area contributed by atoms with Gasteiger partial charge in [0.25, 0.3) is 0 Å². The van der Waals surface area contributed by atoms with Crippen molar-refractivity contribution in [1.82, 2.24) is 0 Å². The third-order valence-corrected chi connectivity index (χ3v) is 6.49. The largest absolute Gasteiger partial charge is 0.481 e. The smallest absolute Gasteiger partial charge is 0.306 e. The Balaban J connectivity index is 0.000000218. The molecular weight excluding hydrogens is 463 g/mol. The molecule has 2 atom stereocenters. The molecule has 2 saturated carbocycles. The molecule has 180 valence electrons. The normalized spacial score (nSPS) is 16.3. The van der Waals surface area contributed by atoms with Crippen LogP contribution in [0.1, 0.15) is 61.5 Å². The Kier molecular flexibility index (Phi) is 11.2. The lowest BCUT2D eigenvalue weighted by Crippen LogP contribution is -2.10. The number of esters is 1. The van der Waals surface area contributed by atoms with Crippen molar-refractivity contribution in [3.05, 3.63) is 69.7 Å². The average molecular weight is 495 g/mol. The lowest BCUT2D eigenvalue weighted by molar-refractivity contribution is -0.141. The summed E-state index contributed by atoms with van der Waals surface area (Å²) in [4.78, 5) is 22.1. The van der Waals surface area contributed by atoms with Gasteiger partial charge in [0, 0.05) is 17.2 Å². The van der Waals surface area contributed by atoms with Crippen molar-refractivity contribution < 1.29 is 24.5 Å². The molecule has 2 N–H and O–H groups in total. The maximum atomic E-state index is 11.3. The number of ether oxygens (including phenoxy) is 1. The fourth-order valence-corrected chi connectivity index (χ4v) is 4.23. The lowest BCUT2D eigenvalue weighted by atomic mass is 9.91. The minimum atomic E-state index is -0.721. The molecule has 0 spiro atoms. The Hall–Kier alpha value is -2.08. The van der Waals surface area contributed by atoms with E-state index in [-0.39, 0.29) is 18.3 Å². The summed E-state index contributed by atoms with van der Waals surface area (Å²) < 4.78 is 4.74. The first-order valence-corrected chi connectivity index (χ1v) is 11.9. The van der Waals surface area contributed by atoms with Gasteiger partial charge in [-0.1, -0.05) is 47.5 Å². The fourth-order valence-electron chi connectivity index (χ4n) is 3.98. The predicted molar refractivity (Wildman–Crippen MR) is 131 cm³/mol. The number of hydrogen-bond acceptors (Lipinski definition) is 4. The van der Waals surface area contributed by atoms with Crippen molar-refractivity contribution in [1.29, 1.82) is 0 Å². The van der Waals surface area contributed by atoms with Crippen LogP contribution >= 0.6 is 23.2 Å². The van der Waals surface area contributed by atoms with Crippen LogP contribution in [-0.2, 0) is 14.3 Å². The molecular formula is C26H32Cl2O5. The highest BCUT2D eigenvalue weighted by atomic mass is 35.5. The molecule has 0 saturated heterocycles. The van der Waals surface area contributed by atoms with Gasteiger partial charge in [-0.2, -0.15) is 0 Å². The molecule has 2 fully saturated rings. The number of carboxylic acid groups (broad SMARTS) is 1. The summed E-state index contributed by atoms with van der Waals surface area (Å²) in [5.74, 6) is 0.806. The number of hydrogen-bond donors (Lipinski definition) is 2. The minimum Gasteiger partial charge on any atom is -0.481 e. The van der Waals surface area contributed by atoms with Crippen LogP contribution in [0.3, 0.4) is 0 Å². The first kappa shape index (κ1) is 27.2. The number of carbonyl (C=O) groups excluding carboxylic acids is 1. The maximum Gasteiger partial charge on any atom is 0.306 e. The number of aliphatic hydroxyl groups is 1. The second kappa shape index (κ2) is 13.6. The number of carbonyl (C=O) groups is 2. The number of aliphatic hydroxyl groups excluding tert-OH is 1. The Labute approximate surface area is 205 Å². The number of halogens is 2. The summed E-state index contributed by atoms with van der Waals surface area (Å²) in [5, 5.41) is 17.3. The Morgan fingerprint density at radius 2 is 1.18 bits per heavy atom. The van der Waals surface area contributed by atoms with Crippen molar-refractivity contribution in [3.8, 4) is 0 Å². The van der Waals surface area contributed by atoms with Gasteiger partial charge in [-0.05, 0) is 84.7 Å². The molecule has 0 aromatic heterocycles. The van der Waals surface area contributed by atoms with Crippen LogP contribution < -0.4 is 0 Å². The fraction of sp³-hybridized carbons (Fsp3) is 0.462. The third-order valence-electron chi connectivity index (χ3n) is 5.99. The van der Waals surface area contributed by atoms with Gasteiger partial charge in [-0.3, -0.25) is 9.59 Å². The zero-order valence-corrected chi connectivity index (χ0v) is 20.6. The zero-order chi connectivity index (χ0) is 24.4. The van der Waals surface area contributed by atoms with Crippen LogP contribution in [0.25, 0.3) is 0 Å². The molecule has 4 rings (SSSR count). The summed E-state index contributed by atoms with van der Waals surface area (Å²) in [6, 6.07) is 15.3. The highest BCUT2D eigenvalue weighted by molar-refractivity contribution is 6.30. The minimum absolute atomic E-state index is 0.133. The molecule has 0 amide bonds. The maximum absolute atomic E-state index is 11.3. The van der Waals surface area contributed by atoms with Crippen LogP contribution in [0.5, 0.6) is 0 Å².